The zero-order valence-corrected chi connectivity index (χ0v) is 12.2. The lowest BCUT2D eigenvalue weighted by molar-refractivity contribution is 0.0500. The molecule has 0 heterocycles. The third-order valence-electron chi connectivity index (χ3n) is 5.31. The molecule has 0 radical (unpaired) electrons. The largest absolute Gasteiger partial charge is 0.497 e. The molecule has 2 atom stereocenters. The van der Waals surface area contributed by atoms with Gasteiger partial charge in [-0.1, -0.05) is 27.2 Å². The van der Waals surface area contributed by atoms with Gasteiger partial charge in [0.15, 0.2) is 5.78 Å². The van der Waals surface area contributed by atoms with Gasteiger partial charge in [0.05, 0.1) is 7.11 Å². The second-order valence-electron chi connectivity index (χ2n) is 6.97. The van der Waals surface area contributed by atoms with Crippen molar-refractivity contribution >= 4 is 5.78 Å². The summed E-state index contributed by atoms with van der Waals surface area (Å²) in [5, 5.41) is 0. The minimum absolute atomic E-state index is 0.0112. The van der Waals surface area contributed by atoms with Gasteiger partial charge < -0.3 is 4.74 Å². The Kier molecular flexibility index (Phi) is 2.57. The molecule has 2 aliphatic rings. The third-order valence-corrected chi connectivity index (χ3v) is 5.31. The van der Waals surface area contributed by atoms with E-state index >= 15 is 0 Å². The quantitative estimate of drug-likeness (QED) is 0.761. The van der Waals surface area contributed by atoms with E-state index in [0.717, 1.165) is 24.2 Å². The Morgan fingerprint density at radius 3 is 2.63 bits per heavy atom. The fraction of sp³-hybridized carbons (Fsp3) is 0.588. The highest BCUT2D eigenvalue weighted by molar-refractivity contribution is 6.04. The first kappa shape index (κ1) is 12.7. The van der Waals surface area contributed by atoms with Crippen LogP contribution in [0, 0.1) is 11.3 Å². The van der Waals surface area contributed by atoms with Gasteiger partial charge in [0, 0.05) is 16.9 Å². The number of ketones is 1. The van der Waals surface area contributed by atoms with Crippen LogP contribution in [-0.2, 0) is 5.41 Å². The lowest BCUT2D eigenvalue weighted by Crippen LogP contribution is -2.44. The zero-order valence-electron chi connectivity index (χ0n) is 12.2. The highest BCUT2D eigenvalue weighted by atomic mass is 16.5. The third kappa shape index (κ3) is 1.58. The Morgan fingerprint density at radius 1 is 1.21 bits per heavy atom. The first-order valence-corrected chi connectivity index (χ1v) is 7.13. The molecule has 0 saturated heterocycles. The van der Waals surface area contributed by atoms with E-state index in [4.69, 9.17) is 4.74 Å². The molecule has 1 aromatic carbocycles. The Morgan fingerprint density at radius 2 is 1.95 bits per heavy atom. The minimum atomic E-state index is -0.0112. The number of ether oxygens (including phenoxy) is 1. The fourth-order valence-electron chi connectivity index (χ4n) is 4.49. The summed E-state index contributed by atoms with van der Waals surface area (Å²) < 4.78 is 5.34. The van der Waals surface area contributed by atoms with Gasteiger partial charge in [0.1, 0.15) is 5.75 Å². The van der Waals surface area contributed by atoms with Crippen molar-refractivity contribution in [3.8, 4) is 5.75 Å². The van der Waals surface area contributed by atoms with E-state index in [0.29, 0.717) is 5.78 Å². The maximum Gasteiger partial charge on any atom is 0.167 e. The van der Waals surface area contributed by atoms with E-state index in [1.54, 1.807) is 7.11 Å². The summed E-state index contributed by atoms with van der Waals surface area (Å²) in [6.07, 6.45) is 3.45. The minimum Gasteiger partial charge on any atom is -0.497 e. The van der Waals surface area contributed by atoms with Gasteiger partial charge >= 0.3 is 0 Å². The standard InChI is InChI=1S/C17H22O2/c1-16(2)8-5-9-17(3)13-10-11(19-4)6-7-12(13)14(18)15(16)17/h6-7,10,15H,5,8-9H2,1-4H3. The zero-order chi connectivity index (χ0) is 13.8. The molecule has 1 fully saturated rings. The van der Waals surface area contributed by atoms with Crippen molar-refractivity contribution in [1.82, 2.24) is 0 Å². The first-order valence-electron chi connectivity index (χ1n) is 7.13. The molecule has 1 saturated carbocycles. The van der Waals surface area contributed by atoms with Crippen molar-refractivity contribution in [2.45, 2.75) is 45.4 Å². The van der Waals surface area contributed by atoms with E-state index in [1.165, 1.54) is 12.0 Å². The molecule has 0 N–H and O–H groups in total. The molecular weight excluding hydrogens is 236 g/mol. The van der Waals surface area contributed by atoms with E-state index in [9.17, 15) is 4.79 Å². The Hall–Kier alpha value is -1.31. The van der Waals surface area contributed by atoms with Crippen LogP contribution in [0.4, 0.5) is 0 Å². The van der Waals surface area contributed by atoms with Gasteiger partial charge in [-0.2, -0.15) is 0 Å². The molecule has 0 spiro atoms. The van der Waals surface area contributed by atoms with Crippen molar-refractivity contribution in [2.75, 3.05) is 7.11 Å². The summed E-state index contributed by atoms with van der Waals surface area (Å²) >= 11 is 0. The lowest BCUT2D eigenvalue weighted by Gasteiger charge is -2.46. The molecule has 0 aromatic heterocycles. The number of Topliss-reactive ketones (excluding diaryl/α,β-unsaturated/α-hetero) is 1. The van der Waals surface area contributed by atoms with Crippen LogP contribution in [0.1, 0.15) is 56.0 Å². The van der Waals surface area contributed by atoms with Gasteiger partial charge in [0.25, 0.3) is 0 Å². The van der Waals surface area contributed by atoms with Gasteiger partial charge in [-0.25, -0.2) is 0 Å². The summed E-state index contributed by atoms with van der Waals surface area (Å²) in [4.78, 5) is 12.8. The van der Waals surface area contributed by atoms with Crippen molar-refractivity contribution in [3.63, 3.8) is 0 Å². The van der Waals surface area contributed by atoms with Crippen LogP contribution in [0.2, 0.25) is 0 Å². The number of hydrogen-bond acceptors (Lipinski definition) is 2. The van der Waals surface area contributed by atoms with Gasteiger partial charge in [0.2, 0.25) is 0 Å². The molecular formula is C17H22O2. The monoisotopic (exact) mass is 258 g/mol. The number of fused-ring (bicyclic) bond motifs is 3. The average Bonchev–Trinajstić information content (AvgIpc) is 2.58. The number of rotatable bonds is 1. The van der Waals surface area contributed by atoms with E-state index in [-0.39, 0.29) is 16.7 Å². The molecule has 2 aliphatic carbocycles. The van der Waals surface area contributed by atoms with Crippen molar-refractivity contribution in [3.05, 3.63) is 29.3 Å². The maximum absolute atomic E-state index is 12.8. The smallest absolute Gasteiger partial charge is 0.167 e. The summed E-state index contributed by atoms with van der Waals surface area (Å²) in [5.74, 6) is 1.32. The highest BCUT2D eigenvalue weighted by Crippen LogP contribution is 2.58. The number of benzene rings is 1. The van der Waals surface area contributed by atoms with Crippen LogP contribution in [0.25, 0.3) is 0 Å². The predicted molar refractivity (Wildman–Crippen MR) is 75.8 cm³/mol. The number of carbonyl (C=O) groups is 1. The van der Waals surface area contributed by atoms with E-state index in [1.807, 2.05) is 12.1 Å². The van der Waals surface area contributed by atoms with Crippen molar-refractivity contribution in [1.29, 1.82) is 0 Å². The second-order valence-corrected chi connectivity index (χ2v) is 6.97. The molecule has 2 heteroatoms. The van der Waals surface area contributed by atoms with Crippen LogP contribution in [0.15, 0.2) is 18.2 Å². The second kappa shape index (κ2) is 3.84. The van der Waals surface area contributed by atoms with Gasteiger partial charge in [-0.05, 0) is 42.0 Å². The number of methoxy groups -OCH3 is 1. The van der Waals surface area contributed by atoms with Crippen LogP contribution < -0.4 is 4.74 Å². The fourth-order valence-corrected chi connectivity index (χ4v) is 4.49. The average molecular weight is 258 g/mol. The van der Waals surface area contributed by atoms with Crippen LogP contribution >= 0.6 is 0 Å². The topological polar surface area (TPSA) is 26.3 Å². The molecule has 1 aromatic rings. The van der Waals surface area contributed by atoms with E-state index < -0.39 is 0 Å². The van der Waals surface area contributed by atoms with Gasteiger partial charge in [-0.15, -0.1) is 0 Å². The number of carbonyl (C=O) groups excluding carboxylic acids is 1. The maximum atomic E-state index is 12.8. The van der Waals surface area contributed by atoms with Gasteiger partial charge in [-0.3, -0.25) is 4.79 Å². The van der Waals surface area contributed by atoms with Crippen LogP contribution in [-0.4, -0.2) is 12.9 Å². The molecule has 19 heavy (non-hydrogen) atoms. The van der Waals surface area contributed by atoms with Crippen molar-refractivity contribution in [2.24, 2.45) is 11.3 Å². The Balaban J connectivity index is 2.19. The van der Waals surface area contributed by atoms with Crippen LogP contribution in [0.3, 0.4) is 0 Å². The van der Waals surface area contributed by atoms with E-state index in [2.05, 4.69) is 26.8 Å². The SMILES string of the molecule is COc1ccc2c(c1)C1(C)CCCC(C)(C)C1C2=O. The highest BCUT2D eigenvalue weighted by Gasteiger charge is 2.56. The summed E-state index contributed by atoms with van der Waals surface area (Å²) in [5.41, 5.74) is 2.21. The molecule has 2 nitrogen and oxygen atoms in total. The molecule has 0 amide bonds. The molecule has 0 bridgehead atoms. The summed E-state index contributed by atoms with van der Waals surface area (Å²) in [6.45, 7) is 6.76. The molecule has 102 valence electrons. The first-order chi connectivity index (χ1) is 8.90. The molecule has 3 rings (SSSR count). The summed E-state index contributed by atoms with van der Waals surface area (Å²) in [7, 11) is 1.68. The van der Waals surface area contributed by atoms with Crippen molar-refractivity contribution < 1.29 is 9.53 Å². The summed E-state index contributed by atoms with van der Waals surface area (Å²) in [6, 6.07) is 5.94. The van der Waals surface area contributed by atoms with Crippen LogP contribution in [0.5, 0.6) is 5.75 Å². The number of hydrogen-bond donors (Lipinski definition) is 0. The Bertz CT molecular complexity index is 544. The predicted octanol–water partition coefficient (Wildman–Crippen LogP) is 3.98. The lowest BCUT2D eigenvalue weighted by atomic mass is 9.56. The molecule has 2 unspecified atom stereocenters. The molecule has 0 aliphatic heterocycles. The Labute approximate surface area is 115 Å². The normalized spacial score (nSPS) is 31.8.